The van der Waals surface area contributed by atoms with Crippen molar-refractivity contribution in [3.05, 3.63) is 70.7 Å². The van der Waals surface area contributed by atoms with Gasteiger partial charge in [-0.15, -0.1) is 0 Å². The first kappa shape index (κ1) is 22.6. The van der Waals surface area contributed by atoms with Gasteiger partial charge in [-0.25, -0.2) is 4.98 Å². The van der Waals surface area contributed by atoms with E-state index in [4.69, 9.17) is 37.7 Å². The van der Waals surface area contributed by atoms with Crippen molar-refractivity contribution in [2.45, 2.75) is 6.92 Å². The quantitative estimate of drug-likeness (QED) is 0.359. The number of thiocarbonyl (C=S) groups is 1. The van der Waals surface area contributed by atoms with Crippen molar-refractivity contribution in [3.8, 4) is 23.0 Å². The van der Waals surface area contributed by atoms with Gasteiger partial charge in [0.25, 0.3) is 5.91 Å². The molecule has 4 aromatic rings. The van der Waals surface area contributed by atoms with Gasteiger partial charge >= 0.3 is 0 Å². The molecule has 0 fully saturated rings. The van der Waals surface area contributed by atoms with Crippen LogP contribution >= 0.6 is 23.8 Å². The zero-order valence-electron chi connectivity index (χ0n) is 18.1. The summed E-state index contributed by atoms with van der Waals surface area (Å²) in [5, 5.41) is 6.06. The van der Waals surface area contributed by atoms with Gasteiger partial charge in [-0.05, 0) is 67.2 Å². The summed E-state index contributed by atoms with van der Waals surface area (Å²) in [5.41, 5.74) is 3.97. The van der Waals surface area contributed by atoms with Crippen LogP contribution in [0.1, 0.15) is 15.9 Å². The number of nitrogens with zero attached hydrogens (tertiary/aromatic N) is 1. The van der Waals surface area contributed by atoms with E-state index in [1.807, 2.05) is 25.1 Å². The Labute approximate surface area is 200 Å². The van der Waals surface area contributed by atoms with E-state index in [-0.39, 0.29) is 10.7 Å². The maximum Gasteiger partial charge on any atom is 0.264 e. The molecule has 33 heavy (non-hydrogen) atoms. The third kappa shape index (κ3) is 4.76. The molecule has 0 aliphatic heterocycles. The number of hydrogen-bond donors (Lipinski definition) is 2. The lowest BCUT2D eigenvalue weighted by atomic mass is 10.1. The van der Waals surface area contributed by atoms with Gasteiger partial charge in [0.15, 0.2) is 10.7 Å². The smallest absolute Gasteiger partial charge is 0.264 e. The molecule has 0 saturated carbocycles. The average molecular weight is 482 g/mol. The van der Waals surface area contributed by atoms with E-state index in [1.54, 1.807) is 36.4 Å². The standard InChI is InChI=1S/C24H20ClN3O4S/c1-13-7-10-18-17(11-13)26-23(32-18)14-8-9-15(25)16(12-14)27-24(33)28-22(29)21-19(30-2)5-4-6-20(21)31-3/h4-12H,1-3H3,(H2,27,28,29,33). The van der Waals surface area contributed by atoms with Crippen LogP contribution in [0, 0.1) is 6.92 Å². The number of aryl methyl sites for hydroxylation is 1. The normalized spacial score (nSPS) is 10.7. The largest absolute Gasteiger partial charge is 0.496 e. The summed E-state index contributed by atoms with van der Waals surface area (Å²) in [7, 11) is 2.95. The second-order valence-corrected chi connectivity index (χ2v) is 7.95. The summed E-state index contributed by atoms with van der Waals surface area (Å²) in [4.78, 5) is 17.4. The second kappa shape index (κ2) is 9.48. The zero-order valence-corrected chi connectivity index (χ0v) is 19.6. The molecular formula is C24H20ClN3O4S. The Balaban J connectivity index is 1.56. The van der Waals surface area contributed by atoms with Crippen LogP contribution in [0.25, 0.3) is 22.6 Å². The van der Waals surface area contributed by atoms with Crippen LogP contribution in [0.2, 0.25) is 5.02 Å². The van der Waals surface area contributed by atoms with Gasteiger partial charge < -0.3 is 19.2 Å². The molecule has 0 aliphatic rings. The number of carbonyl (C=O) groups is 1. The Kier molecular flexibility index (Phi) is 6.48. The first-order valence-electron chi connectivity index (χ1n) is 9.90. The summed E-state index contributed by atoms with van der Waals surface area (Å²) < 4.78 is 16.4. The Morgan fingerprint density at radius 3 is 2.48 bits per heavy atom. The van der Waals surface area contributed by atoms with Gasteiger partial charge in [0.05, 0.1) is 24.9 Å². The molecule has 0 spiro atoms. The highest BCUT2D eigenvalue weighted by atomic mass is 35.5. The van der Waals surface area contributed by atoms with Gasteiger partial charge in [0.2, 0.25) is 5.89 Å². The lowest BCUT2D eigenvalue weighted by molar-refractivity contribution is 0.0971. The van der Waals surface area contributed by atoms with Gasteiger partial charge in [0, 0.05) is 5.56 Å². The Morgan fingerprint density at radius 2 is 1.79 bits per heavy atom. The number of oxazole rings is 1. The minimum atomic E-state index is -0.483. The van der Waals surface area contributed by atoms with Crippen LogP contribution < -0.4 is 20.1 Å². The highest BCUT2D eigenvalue weighted by molar-refractivity contribution is 7.80. The fourth-order valence-electron chi connectivity index (χ4n) is 3.31. The van der Waals surface area contributed by atoms with Gasteiger partial charge in [-0.3, -0.25) is 10.1 Å². The number of anilines is 1. The number of benzene rings is 3. The average Bonchev–Trinajstić information content (AvgIpc) is 3.22. The number of nitrogens with one attached hydrogen (secondary N) is 2. The molecule has 3 aromatic carbocycles. The van der Waals surface area contributed by atoms with Crippen molar-refractivity contribution < 1.29 is 18.7 Å². The number of rotatable bonds is 5. The molecule has 0 bridgehead atoms. The molecule has 0 unspecified atom stereocenters. The number of methoxy groups -OCH3 is 2. The van der Waals surface area contributed by atoms with Crippen molar-refractivity contribution in [1.29, 1.82) is 0 Å². The van der Waals surface area contributed by atoms with Gasteiger partial charge in [-0.1, -0.05) is 23.7 Å². The Bertz CT molecular complexity index is 1350. The van der Waals surface area contributed by atoms with Crippen molar-refractivity contribution in [2.75, 3.05) is 19.5 Å². The van der Waals surface area contributed by atoms with E-state index < -0.39 is 5.91 Å². The van der Waals surface area contributed by atoms with Crippen molar-refractivity contribution in [3.63, 3.8) is 0 Å². The zero-order chi connectivity index (χ0) is 23.5. The number of halogens is 1. The molecular weight excluding hydrogens is 462 g/mol. The summed E-state index contributed by atoms with van der Waals surface area (Å²) in [6, 6.07) is 16.1. The summed E-state index contributed by atoms with van der Waals surface area (Å²) in [5.74, 6) is 0.689. The fraction of sp³-hybridized carbons (Fsp3) is 0.125. The minimum Gasteiger partial charge on any atom is -0.496 e. The van der Waals surface area contributed by atoms with Gasteiger partial charge in [0.1, 0.15) is 22.6 Å². The summed E-state index contributed by atoms with van der Waals surface area (Å²) in [6.45, 7) is 1.99. The predicted molar refractivity (Wildman–Crippen MR) is 132 cm³/mol. The SMILES string of the molecule is COc1cccc(OC)c1C(=O)NC(=S)Nc1cc(-c2nc3cc(C)ccc3o2)ccc1Cl. The van der Waals surface area contributed by atoms with E-state index in [0.717, 1.165) is 11.1 Å². The molecule has 0 saturated heterocycles. The van der Waals surface area contributed by atoms with Crippen LogP contribution in [-0.4, -0.2) is 30.2 Å². The number of aromatic nitrogens is 1. The number of amides is 1. The second-order valence-electron chi connectivity index (χ2n) is 7.13. The third-order valence-electron chi connectivity index (χ3n) is 4.89. The van der Waals surface area contributed by atoms with E-state index in [0.29, 0.717) is 39.2 Å². The fourth-order valence-corrected chi connectivity index (χ4v) is 3.68. The third-order valence-corrected chi connectivity index (χ3v) is 5.42. The molecule has 7 nitrogen and oxygen atoms in total. The Morgan fingerprint density at radius 1 is 1.06 bits per heavy atom. The van der Waals surface area contributed by atoms with Crippen LogP contribution in [0.5, 0.6) is 11.5 Å². The molecule has 1 heterocycles. The van der Waals surface area contributed by atoms with Crippen molar-refractivity contribution in [2.24, 2.45) is 0 Å². The van der Waals surface area contributed by atoms with Crippen LogP contribution in [0.15, 0.2) is 59.0 Å². The van der Waals surface area contributed by atoms with E-state index in [9.17, 15) is 4.79 Å². The first-order chi connectivity index (χ1) is 15.9. The molecule has 0 atom stereocenters. The molecule has 2 N–H and O–H groups in total. The number of ether oxygens (including phenoxy) is 2. The molecule has 168 valence electrons. The molecule has 1 aromatic heterocycles. The highest BCUT2D eigenvalue weighted by Gasteiger charge is 2.20. The Hall–Kier alpha value is -3.62. The monoisotopic (exact) mass is 481 g/mol. The molecule has 4 rings (SSSR count). The van der Waals surface area contributed by atoms with E-state index in [2.05, 4.69) is 15.6 Å². The van der Waals surface area contributed by atoms with Crippen molar-refractivity contribution in [1.82, 2.24) is 10.3 Å². The van der Waals surface area contributed by atoms with Crippen LogP contribution in [-0.2, 0) is 0 Å². The van der Waals surface area contributed by atoms with Crippen LogP contribution in [0.3, 0.4) is 0 Å². The molecule has 9 heteroatoms. The topological polar surface area (TPSA) is 85.6 Å². The molecule has 0 aliphatic carbocycles. The number of fused-ring (bicyclic) bond motifs is 1. The summed E-state index contributed by atoms with van der Waals surface area (Å²) in [6.07, 6.45) is 0. The summed E-state index contributed by atoms with van der Waals surface area (Å²) >= 11 is 11.7. The molecule has 1 amide bonds. The van der Waals surface area contributed by atoms with Crippen molar-refractivity contribution >= 4 is 51.6 Å². The van der Waals surface area contributed by atoms with E-state index >= 15 is 0 Å². The number of hydrogen-bond acceptors (Lipinski definition) is 6. The predicted octanol–water partition coefficient (Wildman–Crippen LogP) is 5.60. The van der Waals surface area contributed by atoms with E-state index in [1.165, 1.54) is 14.2 Å². The highest BCUT2D eigenvalue weighted by Crippen LogP contribution is 2.31. The molecule has 0 radical (unpaired) electrons. The first-order valence-corrected chi connectivity index (χ1v) is 10.7. The number of carbonyl (C=O) groups excluding carboxylic acids is 1. The maximum atomic E-state index is 12.8. The van der Waals surface area contributed by atoms with Crippen LogP contribution in [0.4, 0.5) is 5.69 Å². The minimum absolute atomic E-state index is 0.0557. The van der Waals surface area contributed by atoms with Gasteiger partial charge in [-0.2, -0.15) is 0 Å². The lowest BCUT2D eigenvalue weighted by Gasteiger charge is -2.15. The maximum absolute atomic E-state index is 12.8. The lowest BCUT2D eigenvalue weighted by Crippen LogP contribution is -2.34.